The van der Waals surface area contributed by atoms with Crippen LogP contribution >= 0.6 is 0 Å². The standard InChI is InChI=1S/2C12H23N2.2C2F6NO4S2/c2*1-3-4-5-6-7-8-9-14-11-10-13(2)12-14;2*3-1(4,5)14(10,11)9-15(12,13)2(6,7)8/h2*10-12H,3-9H2,1-2H3;;/q2*+1;2*-1. The third-order valence-electron chi connectivity index (χ3n) is 6.75. The Morgan fingerprint density at radius 3 is 0.845 bits per heavy atom. The zero-order valence-electron chi connectivity index (χ0n) is 31.5. The van der Waals surface area contributed by atoms with Gasteiger partial charge in [-0.25, -0.2) is 51.9 Å². The number of aryl methyl sites for hydroxylation is 4. The maximum absolute atomic E-state index is 11.4. The van der Waals surface area contributed by atoms with Crippen molar-refractivity contribution in [3.05, 3.63) is 45.7 Å². The van der Waals surface area contributed by atoms with Gasteiger partial charge in [0, 0.05) is 0 Å². The lowest BCUT2D eigenvalue weighted by Gasteiger charge is -2.22. The van der Waals surface area contributed by atoms with E-state index in [1.165, 1.54) is 90.1 Å². The van der Waals surface area contributed by atoms with E-state index in [0.29, 0.717) is 0 Å². The molecule has 30 heteroatoms. The van der Waals surface area contributed by atoms with Gasteiger partial charge in [0.05, 0.1) is 27.2 Å². The molecule has 0 radical (unpaired) electrons. The number of imidazole rings is 2. The maximum Gasteiger partial charge on any atom is 0.480 e. The van der Waals surface area contributed by atoms with Crippen LogP contribution in [0.25, 0.3) is 8.25 Å². The number of hydrogen-bond acceptors (Lipinski definition) is 8. The number of alkyl halides is 12. The van der Waals surface area contributed by atoms with Gasteiger partial charge in [-0.05, 0) is 25.7 Å². The summed E-state index contributed by atoms with van der Waals surface area (Å²) in [6, 6.07) is 0. The fourth-order valence-electron chi connectivity index (χ4n) is 3.84. The molecule has 14 nitrogen and oxygen atoms in total. The van der Waals surface area contributed by atoms with Gasteiger partial charge < -0.3 is 8.25 Å². The van der Waals surface area contributed by atoms with E-state index in [9.17, 15) is 86.4 Å². The molecule has 0 aromatic carbocycles. The zero-order chi connectivity index (χ0) is 45.9. The number of sulfonamides is 4. The van der Waals surface area contributed by atoms with Gasteiger partial charge in [0.25, 0.3) is 0 Å². The monoisotopic (exact) mass is 950 g/mol. The maximum atomic E-state index is 11.4. The summed E-state index contributed by atoms with van der Waals surface area (Å²) in [7, 11) is -22.8. The lowest BCUT2D eigenvalue weighted by Crippen LogP contribution is -2.30. The van der Waals surface area contributed by atoms with E-state index in [4.69, 9.17) is 0 Å². The van der Waals surface area contributed by atoms with Gasteiger partial charge >= 0.3 is 22.0 Å². The molecule has 0 N–H and O–H groups in total. The number of nitrogens with zero attached hydrogens (tertiary/aromatic N) is 6. The van der Waals surface area contributed by atoms with Gasteiger partial charge in [-0.1, -0.05) is 65.2 Å². The molecule has 2 heterocycles. The minimum absolute atomic E-state index is 0.778. The predicted molar refractivity (Wildman–Crippen MR) is 185 cm³/mol. The van der Waals surface area contributed by atoms with Crippen molar-refractivity contribution in [2.75, 3.05) is 0 Å². The first kappa shape index (κ1) is 57.4. The highest BCUT2D eigenvalue weighted by molar-refractivity contribution is 8.13. The Kier molecular flexibility index (Phi) is 24.3. The van der Waals surface area contributed by atoms with Gasteiger partial charge in [0.2, 0.25) is 12.7 Å². The molecule has 344 valence electrons. The van der Waals surface area contributed by atoms with E-state index in [2.05, 4.69) is 83.7 Å². The number of unbranched alkanes of at least 4 members (excludes halogenated alkanes) is 10. The Balaban J connectivity index is 0. The predicted octanol–water partition coefficient (Wildman–Crippen LogP) is 7.46. The van der Waals surface area contributed by atoms with Crippen molar-refractivity contribution in [3.8, 4) is 0 Å². The quantitative estimate of drug-likeness (QED) is 0.0838. The lowest BCUT2D eigenvalue weighted by molar-refractivity contribution is -0.671. The normalized spacial score (nSPS) is 13.1. The SMILES string of the molecule is CCCCCCCCn1cc[n+](C)c1.CCCCCCCCn1cc[n+](C)c1.O=S(=O)([N-]S(=O)(=O)C(F)(F)F)C(F)(F)F.O=S(=O)([N-]S(=O)(=O)C(F)(F)F)C(F)(F)F. The molecule has 0 aliphatic carbocycles. The van der Waals surface area contributed by atoms with E-state index in [1.807, 2.05) is 0 Å². The molecule has 58 heavy (non-hydrogen) atoms. The summed E-state index contributed by atoms with van der Waals surface area (Å²) in [5, 5.41) is 0. The summed E-state index contributed by atoms with van der Waals surface area (Å²) in [5.74, 6) is 0. The molecule has 0 bridgehead atoms. The van der Waals surface area contributed by atoms with Crippen molar-refractivity contribution in [2.24, 2.45) is 14.1 Å². The first-order valence-electron chi connectivity index (χ1n) is 16.8. The Bertz CT molecular complexity index is 1690. The van der Waals surface area contributed by atoms with Gasteiger partial charge in [-0.2, -0.15) is 52.7 Å². The topological polar surface area (TPSA) is 182 Å². The van der Waals surface area contributed by atoms with E-state index >= 15 is 0 Å². The highest BCUT2D eigenvalue weighted by atomic mass is 32.3. The molecule has 0 unspecified atom stereocenters. The summed E-state index contributed by atoms with van der Waals surface area (Å²) < 4.78 is 227. The fourth-order valence-corrected chi connectivity index (χ4v) is 7.26. The van der Waals surface area contributed by atoms with Crippen LogP contribution in [-0.4, -0.2) is 64.8 Å². The molecule has 0 aliphatic heterocycles. The van der Waals surface area contributed by atoms with E-state index < -0.39 is 62.1 Å². The summed E-state index contributed by atoms with van der Waals surface area (Å²) in [6.07, 6.45) is 29.3. The zero-order valence-corrected chi connectivity index (χ0v) is 34.7. The third kappa shape index (κ3) is 23.2. The first-order valence-corrected chi connectivity index (χ1v) is 22.6. The molecule has 2 aromatic rings. The molecular weight excluding hydrogens is 905 g/mol. The third-order valence-corrected chi connectivity index (χ3v) is 12.2. The molecule has 0 amide bonds. The van der Waals surface area contributed by atoms with Gasteiger partial charge in [-0.15, -0.1) is 0 Å². The Morgan fingerprint density at radius 1 is 0.431 bits per heavy atom. The van der Waals surface area contributed by atoms with Crippen LogP contribution in [0.4, 0.5) is 52.7 Å². The Labute approximate surface area is 329 Å². The molecule has 0 fully saturated rings. The first-order chi connectivity index (χ1) is 26.1. The average molecular weight is 951 g/mol. The summed E-state index contributed by atoms with van der Waals surface area (Å²) in [4.78, 5) is 0. The number of rotatable bonds is 18. The van der Waals surface area contributed by atoms with Crippen molar-refractivity contribution in [2.45, 2.75) is 126 Å². The second-order valence-electron chi connectivity index (χ2n) is 12.0. The van der Waals surface area contributed by atoms with Gasteiger partial charge in [-0.3, -0.25) is 0 Å². The van der Waals surface area contributed by atoms with Crippen LogP contribution < -0.4 is 9.13 Å². The van der Waals surface area contributed by atoms with E-state index in [-0.39, 0.29) is 0 Å². The Hall–Kier alpha value is -2.70. The number of hydrogen-bond donors (Lipinski definition) is 0. The molecule has 0 saturated carbocycles. The fraction of sp³-hybridized carbons (Fsp3) is 0.786. The van der Waals surface area contributed by atoms with Crippen molar-refractivity contribution in [1.82, 2.24) is 9.13 Å². The highest BCUT2D eigenvalue weighted by Crippen LogP contribution is 2.37. The molecule has 0 saturated heterocycles. The van der Waals surface area contributed by atoms with Crippen molar-refractivity contribution >= 4 is 40.1 Å². The molecule has 0 atom stereocenters. The van der Waals surface area contributed by atoms with Crippen molar-refractivity contribution in [3.63, 3.8) is 0 Å². The van der Waals surface area contributed by atoms with Crippen molar-refractivity contribution in [1.29, 1.82) is 0 Å². The van der Waals surface area contributed by atoms with Crippen LogP contribution in [0.5, 0.6) is 0 Å². The van der Waals surface area contributed by atoms with E-state index in [1.54, 1.807) is 0 Å². The highest BCUT2D eigenvalue weighted by Gasteiger charge is 2.48. The summed E-state index contributed by atoms with van der Waals surface area (Å²) in [5.41, 5.74) is -24.8. The molecule has 0 spiro atoms. The number of aromatic nitrogens is 4. The van der Waals surface area contributed by atoms with Crippen LogP contribution in [0.1, 0.15) is 90.9 Å². The summed E-state index contributed by atoms with van der Waals surface area (Å²) >= 11 is 0. The molecule has 0 aliphatic rings. The summed E-state index contributed by atoms with van der Waals surface area (Å²) in [6.45, 7) is 6.87. The molecule has 2 aromatic heterocycles. The number of halogens is 12. The second kappa shape index (κ2) is 24.5. The minimum atomic E-state index is -6.72. The van der Waals surface area contributed by atoms with Crippen molar-refractivity contribution < 1.29 is 95.5 Å². The molecule has 2 rings (SSSR count). The van der Waals surface area contributed by atoms with Gasteiger partial charge in [0.15, 0.2) is 40.1 Å². The average Bonchev–Trinajstić information content (AvgIpc) is 3.65. The lowest BCUT2D eigenvalue weighted by atomic mass is 10.1. The van der Waals surface area contributed by atoms with E-state index in [0.717, 1.165) is 8.25 Å². The minimum Gasteiger partial charge on any atom is -0.421 e. The molecular formula is C28H46F12N6O8S4. The smallest absolute Gasteiger partial charge is 0.421 e. The van der Waals surface area contributed by atoms with Gasteiger partial charge in [0.1, 0.15) is 24.8 Å². The van der Waals surface area contributed by atoms with Crippen LogP contribution in [0.3, 0.4) is 0 Å². The second-order valence-corrected chi connectivity index (χ2v) is 18.8. The Morgan fingerprint density at radius 2 is 0.655 bits per heavy atom. The van der Waals surface area contributed by atoms with Crippen LogP contribution in [0, 0.1) is 0 Å². The van der Waals surface area contributed by atoms with Crippen LogP contribution in [0.15, 0.2) is 37.4 Å². The van der Waals surface area contributed by atoms with Crippen LogP contribution in [-0.2, 0) is 67.3 Å². The largest absolute Gasteiger partial charge is 0.480 e. The van der Waals surface area contributed by atoms with Crippen LogP contribution in [0.2, 0.25) is 0 Å².